The molecule has 0 spiro atoms. The SMILES string of the molecule is CN(Cc1ccc(N(C)C)cc1)C(=O)CN1CCCN(c2ccc(C(F)(F)F)cn2)CC1. The van der Waals surface area contributed by atoms with Crippen molar-refractivity contribution in [1.82, 2.24) is 14.8 Å². The van der Waals surface area contributed by atoms with Gasteiger partial charge in [0.25, 0.3) is 0 Å². The first-order valence-corrected chi connectivity index (χ1v) is 10.6. The molecule has 3 rings (SSSR count). The van der Waals surface area contributed by atoms with Crippen LogP contribution in [0.25, 0.3) is 0 Å². The fourth-order valence-corrected chi connectivity index (χ4v) is 3.67. The van der Waals surface area contributed by atoms with Crippen LogP contribution in [0.3, 0.4) is 0 Å². The quantitative estimate of drug-likeness (QED) is 0.677. The first kappa shape index (κ1) is 23.8. The molecule has 1 saturated heterocycles. The number of carbonyl (C=O) groups is 1. The fraction of sp³-hybridized carbons (Fsp3) is 0.478. The van der Waals surface area contributed by atoms with Gasteiger partial charge in [-0.05, 0) is 36.2 Å². The molecule has 1 aliphatic heterocycles. The minimum atomic E-state index is -4.39. The number of anilines is 2. The van der Waals surface area contributed by atoms with E-state index in [0.29, 0.717) is 38.5 Å². The zero-order valence-electron chi connectivity index (χ0n) is 18.8. The van der Waals surface area contributed by atoms with Crippen molar-refractivity contribution in [2.75, 3.05) is 63.7 Å². The van der Waals surface area contributed by atoms with Crippen molar-refractivity contribution in [3.05, 3.63) is 53.7 Å². The Morgan fingerprint density at radius 1 is 1.00 bits per heavy atom. The highest BCUT2D eigenvalue weighted by Crippen LogP contribution is 2.29. The highest BCUT2D eigenvalue weighted by atomic mass is 19.4. The molecule has 0 radical (unpaired) electrons. The van der Waals surface area contributed by atoms with Gasteiger partial charge in [-0.15, -0.1) is 0 Å². The predicted octanol–water partition coefficient (Wildman–Crippen LogP) is 3.34. The molecule has 0 unspecified atom stereocenters. The third kappa shape index (κ3) is 6.35. The number of alkyl halides is 3. The van der Waals surface area contributed by atoms with E-state index < -0.39 is 11.7 Å². The molecule has 0 atom stereocenters. The van der Waals surface area contributed by atoms with E-state index in [1.165, 1.54) is 6.07 Å². The molecule has 0 N–H and O–H groups in total. The van der Waals surface area contributed by atoms with Gasteiger partial charge in [-0.3, -0.25) is 9.69 Å². The van der Waals surface area contributed by atoms with Gasteiger partial charge in [-0.2, -0.15) is 13.2 Å². The summed E-state index contributed by atoms with van der Waals surface area (Å²) in [5, 5.41) is 0. The van der Waals surface area contributed by atoms with E-state index in [1.807, 2.05) is 48.2 Å². The second-order valence-electron chi connectivity index (χ2n) is 8.33. The maximum Gasteiger partial charge on any atom is 0.417 e. The summed E-state index contributed by atoms with van der Waals surface area (Å²) in [5.41, 5.74) is 1.43. The Kier molecular flexibility index (Phi) is 7.60. The summed E-state index contributed by atoms with van der Waals surface area (Å²) in [4.78, 5) is 24.6. The lowest BCUT2D eigenvalue weighted by atomic mass is 10.2. The number of nitrogens with zero attached hydrogens (tertiary/aromatic N) is 5. The van der Waals surface area contributed by atoms with Crippen LogP contribution in [0.1, 0.15) is 17.5 Å². The van der Waals surface area contributed by atoms with Crippen LogP contribution in [0.2, 0.25) is 0 Å². The Labute approximate surface area is 187 Å². The van der Waals surface area contributed by atoms with Gasteiger partial charge in [0, 0.05) is 65.8 Å². The van der Waals surface area contributed by atoms with Gasteiger partial charge in [-0.25, -0.2) is 4.98 Å². The molecule has 2 heterocycles. The minimum Gasteiger partial charge on any atom is -0.378 e. The van der Waals surface area contributed by atoms with Crippen LogP contribution in [0.4, 0.5) is 24.7 Å². The van der Waals surface area contributed by atoms with E-state index in [0.717, 1.165) is 36.5 Å². The second-order valence-corrected chi connectivity index (χ2v) is 8.33. The number of likely N-dealkylation sites (N-methyl/N-ethyl adjacent to an activating group) is 1. The molecule has 6 nitrogen and oxygen atoms in total. The van der Waals surface area contributed by atoms with Crippen molar-refractivity contribution in [3.63, 3.8) is 0 Å². The highest BCUT2D eigenvalue weighted by molar-refractivity contribution is 5.78. The van der Waals surface area contributed by atoms with Crippen molar-refractivity contribution >= 4 is 17.4 Å². The summed E-state index contributed by atoms with van der Waals surface area (Å²) in [6, 6.07) is 10.6. The standard InChI is InChI=1S/C23H30F3N5O/c1-28(2)20-8-5-18(6-9-20)16-29(3)22(32)17-30-11-4-12-31(14-13-30)21-10-7-19(15-27-21)23(24,25)26/h5-10,15H,4,11-14,16-17H2,1-3H3. The third-order valence-electron chi connectivity index (χ3n) is 5.64. The molecule has 9 heteroatoms. The Balaban J connectivity index is 1.51. The number of amides is 1. The summed E-state index contributed by atoms with van der Waals surface area (Å²) in [7, 11) is 5.78. The van der Waals surface area contributed by atoms with Gasteiger partial charge < -0.3 is 14.7 Å². The average Bonchev–Trinajstić information content (AvgIpc) is 2.99. The van der Waals surface area contributed by atoms with Crippen LogP contribution in [-0.2, 0) is 17.5 Å². The predicted molar refractivity (Wildman–Crippen MR) is 120 cm³/mol. The Morgan fingerprint density at radius 2 is 1.72 bits per heavy atom. The molecular weight excluding hydrogens is 419 g/mol. The fourth-order valence-electron chi connectivity index (χ4n) is 3.67. The maximum absolute atomic E-state index is 12.8. The van der Waals surface area contributed by atoms with Crippen molar-refractivity contribution < 1.29 is 18.0 Å². The topological polar surface area (TPSA) is 42.9 Å². The van der Waals surface area contributed by atoms with Gasteiger partial charge in [0.15, 0.2) is 0 Å². The molecule has 32 heavy (non-hydrogen) atoms. The molecule has 0 aliphatic carbocycles. The zero-order valence-corrected chi connectivity index (χ0v) is 18.8. The van der Waals surface area contributed by atoms with Gasteiger partial charge in [0.2, 0.25) is 5.91 Å². The van der Waals surface area contributed by atoms with E-state index in [9.17, 15) is 18.0 Å². The molecule has 1 amide bonds. The van der Waals surface area contributed by atoms with Crippen LogP contribution in [0.15, 0.2) is 42.6 Å². The smallest absolute Gasteiger partial charge is 0.378 e. The average molecular weight is 450 g/mol. The monoisotopic (exact) mass is 449 g/mol. The molecule has 0 saturated carbocycles. The van der Waals surface area contributed by atoms with Gasteiger partial charge in [-0.1, -0.05) is 12.1 Å². The molecular formula is C23H30F3N5O. The molecule has 1 aromatic carbocycles. The highest BCUT2D eigenvalue weighted by Gasteiger charge is 2.31. The molecule has 0 bridgehead atoms. The lowest BCUT2D eigenvalue weighted by molar-refractivity contribution is -0.137. The van der Waals surface area contributed by atoms with Crippen molar-refractivity contribution in [3.8, 4) is 0 Å². The Bertz CT molecular complexity index is 884. The van der Waals surface area contributed by atoms with Crippen molar-refractivity contribution in [2.45, 2.75) is 19.1 Å². The van der Waals surface area contributed by atoms with E-state index in [2.05, 4.69) is 9.88 Å². The van der Waals surface area contributed by atoms with Gasteiger partial charge in [0.1, 0.15) is 5.82 Å². The van der Waals surface area contributed by atoms with Crippen LogP contribution in [0.5, 0.6) is 0 Å². The number of aromatic nitrogens is 1. The number of hydrogen-bond acceptors (Lipinski definition) is 5. The Hall–Kier alpha value is -2.81. The molecule has 1 aliphatic rings. The van der Waals surface area contributed by atoms with Gasteiger partial charge >= 0.3 is 6.18 Å². The van der Waals surface area contributed by atoms with Crippen LogP contribution in [0, 0.1) is 0 Å². The molecule has 2 aromatic rings. The Morgan fingerprint density at radius 3 is 2.31 bits per heavy atom. The summed E-state index contributed by atoms with van der Waals surface area (Å²) in [6.45, 7) is 3.58. The van der Waals surface area contributed by atoms with Gasteiger partial charge in [0.05, 0.1) is 12.1 Å². The number of hydrogen-bond donors (Lipinski definition) is 0. The first-order chi connectivity index (χ1) is 15.1. The molecule has 1 aromatic heterocycles. The first-order valence-electron chi connectivity index (χ1n) is 10.6. The van der Waals surface area contributed by atoms with E-state index in [-0.39, 0.29) is 5.91 Å². The lowest BCUT2D eigenvalue weighted by Gasteiger charge is -2.25. The van der Waals surface area contributed by atoms with Crippen LogP contribution in [-0.4, -0.2) is 74.6 Å². The summed E-state index contributed by atoms with van der Waals surface area (Å²) in [5.74, 6) is 0.576. The largest absolute Gasteiger partial charge is 0.417 e. The van der Waals surface area contributed by atoms with Crippen LogP contribution < -0.4 is 9.80 Å². The number of rotatable bonds is 6. The minimum absolute atomic E-state index is 0.0443. The lowest BCUT2D eigenvalue weighted by Crippen LogP contribution is -2.40. The summed E-state index contributed by atoms with van der Waals surface area (Å²) < 4.78 is 38.3. The number of benzene rings is 1. The summed E-state index contributed by atoms with van der Waals surface area (Å²) >= 11 is 0. The molecule has 174 valence electrons. The van der Waals surface area contributed by atoms with E-state index in [4.69, 9.17) is 0 Å². The number of pyridine rings is 1. The number of carbonyl (C=O) groups excluding carboxylic acids is 1. The summed E-state index contributed by atoms with van der Waals surface area (Å²) in [6.07, 6.45) is -2.70. The number of halogens is 3. The normalized spacial score (nSPS) is 15.4. The third-order valence-corrected chi connectivity index (χ3v) is 5.64. The maximum atomic E-state index is 12.8. The zero-order chi connectivity index (χ0) is 23.3. The second kappa shape index (κ2) is 10.2. The van der Waals surface area contributed by atoms with E-state index >= 15 is 0 Å². The molecule has 1 fully saturated rings. The van der Waals surface area contributed by atoms with Crippen molar-refractivity contribution in [1.29, 1.82) is 0 Å². The van der Waals surface area contributed by atoms with Crippen LogP contribution >= 0.6 is 0 Å². The van der Waals surface area contributed by atoms with Crippen molar-refractivity contribution in [2.24, 2.45) is 0 Å². The van der Waals surface area contributed by atoms with E-state index in [1.54, 1.807) is 11.9 Å².